The number of hydrogen-bond acceptors (Lipinski definition) is 3. The first-order valence-electron chi connectivity index (χ1n) is 20.1. The lowest BCUT2D eigenvalue weighted by atomic mass is 9.46. The maximum atomic E-state index is 13.7. The lowest BCUT2D eigenvalue weighted by Crippen LogP contribution is -2.50. The second-order valence-corrected chi connectivity index (χ2v) is 18.1. The van der Waals surface area contributed by atoms with Gasteiger partial charge in [0.25, 0.3) is 0 Å². The number of ether oxygens (including phenoxy) is 2. The minimum absolute atomic E-state index is 0.0126. The number of benzene rings is 4. The van der Waals surface area contributed by atoms with E-state index in [9.17, 15) is 4.79 Å². The third kappa shape index (κ3) is 5.69. The number of carbonyl (C=O) groups is 1. The Bertz CT molecular complexity index is 2020. The van der Waals surface area contributed by atoms with Gasteiger partial charge in [-0.2, -0.15) is 0 Å². The van der Waals surface area contributed by atoms with Crippen molar-refractivity contribution in [2.75, 3.05) is 7.11 Å². The van der Waals surface area contributed by atoms with Crippen LogP contribution < -0.4 is 9.47 Å². The molecule has 8 saturated carbocycles. The average molecular weight is 687 g/mol. The van der Waals surface area contributed by atoms with Crippen LogP contribution in [-0.4, -0.2) is 12.9 Å². The molecule has 52 heavy (non-hydrogen) atoms. The van der Waals surface area contributed by atoms with Crippen LogP contribution in [-0.2, 0) is 10.8 Å². The largest absolute Gasteiger partial charge is 0.496 e. The highest BCUT2D eigenvalue weighted by Gasteiger charge is 2.55. The first-order valence-corrected chi connectivity index (χ1v) is 20.1. The van der Waals surface area contributed by atoms with Crippen molar-refractivity contribution in [2.45, 2.75) is 94.8 Å². The molecule has 8 aliphatic carbocycles. The first kappa shape index (κ1) is 32.4. The van der Waals surface area contributed by atoms with Gasteiger partial charge in [-0.05, 0) is 185 Å². The molecule has 0 amide bonds. The topological polar surface area (TPSA) is 35.5 Å². The molecule has 8 bridgehead atoms. The molecule has 0 N–H and O–H groups in total. The minimum atomic E-state index is -0.0126. The van der Waals surface area contributed by atoms with Crippen molar-refractivity contribution in [1.29, 1.82) is 0 Å². The Kier molecular flexibility index (Phi) is 7.72. The van der Waals surface area contributed by atoms with E-state index < -0.39 is 0 Å². The van der Waals surface area contributed by atoms with Crippen LogP contribution in [0.15, 0.2) is 84.9 Å². The zero-order valence-corrected chi connectivity index (χ0v) is 30.8. The molecule has 0 heterocycles. The van der Waals surface area contributed by atoms with Gasteiger partial charge in [0, 0.05) is 39.4 Å². The second kappa shape index (κ2) is 12.4. The summed E-state index contributed by atoms with van der Waals surface area (Å²) in [4.78, 5) is 13.7. The van der Waals surface area contributed by atoms with Gasteiger partial charge >= 0.3 is 0 Å². The van der Waals surface area contributed by atoms with Crippen LogP contribution in [0.3, 0.4) is 0 Å². The zero-order chi connectivity index (χ0) is 35.0. The molecule has 3 heteroatoms. The summed E-state index contributed by atoms with van der Waals surface area (Å²) in [5, 5.41) is 0. The van der Waals surface area contributed by atoms with Crippen molar-refractivity contribution < 1.29 is 14.3 Å². The lowest BCUT2D eigenvalue weighted by molar-refractivity contribution is -0.00949. The second-order valence-electron chi connectivity index (χ2n) is 18.1. The summed E-state index contributed by atoms with van der Waals surface area (Å²) in [5.74, 6) is 14.4. The van der Waals surface area contributed by atoms with Crippen LogP contribution in [0.4, 0.5) is 0 Å². The van der Waals surface area contributed by atoms with E-state index in [1.807, 2.05) is 67.8 Å². The summed E-state index contributed by atoms with van der Waals surface area (Å²) in [7, 11) is 1.86. The zero-order valence-electron chi connectivity index (χ0n) is 30.8. The molecule has 12 rings (SSSR count). The molecular formula is C49H50O3. The maximum absolute atomic E-state index is 13.7. The molecule has 0 atom stereocenters. The molecule has 0 spiro atoms. The molecule has 8 aliphatic rings. The molecular weight excluding hydrogens is 637 g/mol. The van der Waals surface area contributed by atoms with Gasteiger partial charge in [-0.25, -0.2) is 0 Å². The summed E-state index contributed by atoms with van der Waals surface area (Å²) in [5.41, 5.74) is 7.66. The quantitative estimate of drug-likeness (QED) is 0.143. The van der Waals surface area contributed by atoms with Crippen LogP contribution in [0.25, 0.3) is 0 Å². The number of hydrogen-bond donors (Lipinski definition) is 0. The standard InChI is InChI=1S/C49H50O3/c1-31-6-8-32(9-7-31)10-11-33-4-3-5-41(22-33)47(50)40-12-14-42(15-13-40)52-46-24-45(51-2)43(48-25-34-16-35(26-48)18-36(17-34)27-48)23-44(46)49-28-37-19-38(29-49)21-39(20-37)30-49/h3-9,12-15,22-24,34-39H,16-21,25-30H2,1-2H3. The molecule has 0 unspecified atom stereocenters. The number of ketones is 1. The average Bonchev–Trinajstić information content (AvgIpc) is 3.13. The van der Waals surface area contributed by atoms with Crippen molar-refractivity contribution >= 4 is 5.78 Å². The molecule has 0 radical (unpaired) electrons. The Hall–Kier alpha value is -4.29. The Labute approximate surface area is 309 Å². The number of methoxy groups -OCH3 is 1. The van der Waals surface area contributed by atoms with Gasteiger partial charge in [-0.3, -0.25) is 4.79 Å². The summed E-state index contributed by atoms with van der Waals surface area (Å²) >= 11 is 0. The van der Waals surface area contributed by atoms with E-state index in [2.05, 4.69) is 43.0 Å². The molecule has 8 fully saturated rings. The van der Waals surface area contributed by atoms with Crippen LogP contribution >= 0.6 is 0 Å². The van der Waals surface area contributed by atoms with Crippen LogP contribution in [0.1, 0.15) is 121 Å². The van der Waals surface area contributed by atoms with Crippen LogP contribution in [0.5, 0.6) is 17.2 Å². The fourth-order valence-corrected chi connectivity index (χ4v) is 13.0. The van der Waals surface area contributed by atoms with Crippen molar-refractivity contribution in [3.63, 3.8) is 0 Å². The summed E-state index contributed by atoms with van der Waals surface area (Å²) in [6.07, 6.45) is 16.5. The maximum Gasteiger partial charge on any atom is 0.193 e. The van der Waals surface area contributed by atoms with E-state index in [4.69, 9.17) is 9.47 Å². The Morgan fingerprint density at radius 2 is 1.10 bits per heavy atom. The van der Waals surface area contributed by atoms with Crippen LogP contribution in [0, 0.1) is 54.3 Å². The first-order chi connectivity index (χ1) is 25.3. The third-order valence-corrected chi connectivity index (χ3v) is 14.4. The van der Waals surface area contributed by atoms with Crippen molar-refractivity contribution in [1.82, 2.24) is 0 Å². The molecule has 4 aromatic rings. The van der Waals surface area contributed by atoms with E-state index in [1.54, 1.807) is 0 Å². The van der Waals surface area contributed by atoms with Gasteiger partial charge in [0.1, 0.15) is 17.2 Å². The lowest BCUT2D eigenvalue weighted by Gasteiger charge is -2.58. The molecule has 0 aliphatic heterocycles. The van der Waals surface area contributed by atoms with E-state index >= 15 is 0 Å². The highest BCUT2D eigenvalue weighted by Crippen LogP contribution is 2.65. The summed E-state index contributed by atoms with van der Waals surface area (Å²) in [6.45, 7) is 2.07. The van der Waals surface area contributed by atoms with Gasteiger partial charge in [0.05, 0.1) is 7.11 Å². The summed E-state index contributed by atoms with van der Waals surface area (Å²) < 4.78 is 13.3. The Morgan fingerprint density at radius 3 is 1.63 bits per heavy atom. The van der Waals surface area contributed by atoms with Gasteiger partial charge in [-0.15, -0.1) is 0 Å². The third-order valence-electron chi connectivity index (χ3n) is 14.4. The smallest absolute Gasteiger partial charge is 0.193 e. The fourth-order valence-electron chi connectivity index (χ4n) is 13.0. The number of rotatable bonds is 7. The highest BCUT2D eigenvalue weighted by molar-refractivity contribution is 6.09. The van der Waals surface area contributed by atoms with E-state index in [0.717, 1.165) is 63.9 Å². The van der Waals surface area contributed by atoms with E-state index in [0.29, 0.717) is 11.1 Å². The Morgan fingerprint density at radius 1 is 0.577 bits per heavy atom. The van der Waals surface area contributed by atoms with Crippen molar-refractivity contribution in [2.24, 2.45) is 35.5 Å². The van der Waals surface area contributed by atoms with Gasteiger partial charge in [0.2, 0.25) is 0 Å². The molecule has 264 valence electrons. The number of aryl methyl sites for hydroxylation is 1. The highest BCUT2D eigenvalue weighted by atomic mass is 16.5. The predicted octanol–water partition coefficient (Wildman–Crippen LogP) is 11.4. The summed E-state index contributed by atoms with van der Waals surface area (Å²) in [6, 6.07) is 28.5. The van der Waals surface area contributed by atoms with Gasteiger partial charge in [0.15, 0.2) is 5.78 Å². The SMILES string of the molecule is COc1cc(Oc2ccc(C(=O)c3cccc(C#Cc4ccc(C)cc4)c3)cc2)c(C23CC4CC(CC(C4)C2)C3)cc1C12CC3CC(CC(C3)C1)C2. The van der Waals surface area contributed by atoms with Crippen LogP contribution in [0.2, 0.25) is 0 Å². The fraction of sp³-hybridized carbons (Fsp3) is 0.449. The molecule has 0 saturated heterocycles. The monoisotopic (exact) mass is 686 g/mol. The van der Waals surface area contributed by atoms with E-state index in [-0.39, 0.29) is 16.6 Å². The Balaban J connectivity index is 0.963. The van der Waals surface area contributed by atoms with Crippen molar-refractivity contribution in [3.8, 4) is 29.1 Å². The van der Waals surface area contributed by atoms with Crippen molar-refractivity contribution in [3.05, 3.63) is 124 Å². The minimum Gasteiger partial charge on any atom is -0.496 e. The molecule has 0 aromatic heterocycles. The normalized spacial score (nSPS) is 32.0. The van der Waals surface area contributed by atoms with E-state index in [1.165, 1.54) is 93.7 Å². The van der Waals surface area contributed by atoms with Gasteiger partial charge in [-0.1, -0.05) is 41.7 Å². The van der Waals surface area contributed by atoms with Gasteiger partial charge < -0.3 is 9.47 Å². The molecule has 3 nitrogen and oxygen atoms in total. The number of carbonyl (C=O) groups excluding carboxylic acids is 1. The predicted molar refractivity (Wildman–Crippen MR) is 206 cm³/mol. The molecule has 4 aromatic carbocycles.